The number of halogens is 4. The van der Waals surface area contributed by atoms with Crippen LogP contribution in [-0.2, 0) is 12.6 Å². The van der Waals surface area contributed by atoms with Gasteiger partial charge in [0.25, 0.3) is 0 Å². The van der Waals surface area contributed by atoms with Crippen LogP contribution in [0.2, 0.25) is 5.02 Å². The maximum Gasteiger partial charge on any atom is 0.416 e. The van der Waals surface area contributed by atoms with E-state index in [1.165, 1.54) is 6.07 Å². The molecule has 2 aromatic rings. The van der Waals surface area contributed by atoms with Gasteiger partial charge in [-0.15, -0.1) is 0 Å². The van der Waals surface area contributed by atoms with Crippen molar-refractivity contribution in [3.8, 4) is 11.5 Å². The zero-order valence-corrected chi connectivity index (χ0v) is 12.7. The van der Waals surface area contributed by atoms with Crippen molar-refractivity contribution in [1.29, 1.82) is 0 Å². The first-order chi connectivity index (χ1) is 10.8. The van der Waals surface area contributed by atoms with Gasteiger partial charge in [0.1, 0.15) is 11.5 Å². The summed E-state index contributed by atoms with van der Waals surface area (Å²) >= 11 is 5.87. The second kappa shape index (κ2) is 5.89. The molecule has 2 nitrogen and oxygen atoms in total. The Labute approximate surface area is 135 Å². The van der Waals surface area contributed by atoms with Crippen molar-refractivity contribution >= 4 is 17.4 Å². The van der Waals surface area contributed by atoms with Crippen LogP contribution >= 0.6 is 11.6 Å². The van der Waals surface area contributed by atoms with Crippen LogP contribution < -0.4 is 4.74 Å². The standard InChI is InChI=1S/C17H12ClF3O2/c18-14-9-11(17(19,20)21)4-7-16(14)23-12-5-6-13-10(8-12)2-1-3-15(13)22/h4-9H,1-3H2. The molecule has 0 N–H and O–H groups in total. The Balaban J connectivity index is 1.86. The Morgan fingerprint density at radius 2 is 1.83 bits per heavy atom. The summed E-state index contributed by atoms with van der Waals surface area (Å²) in [4.78, 5) is 11.8. The highest BCUT2D eigenvalue weighted by atomic mass is 35.5. The Bertz CT molecular complexity index is 769. The van der Waals surface area contributed by atoms with Crippen LogP contribution in [-0.4, -0.2) is 5.78 Å². The SMILES string of the molecule is O=C1CCCc2cc(Oc3ccc(C(F)(F)F)cc3Cl)ccc21. The molecule has 3 rings (SSSR count). The van der Waals surface area contributed by atoms with Crippen LogP contribution in [0, 0.1) is 0 Å². The zero-order valence-electron chi connectivity index (χ0n) is 11.9. The number of ketones is 1. The number of ether oxygens (including phenoxy) is 1. The molecule has 0 spiro atoms. The van der Waals surface area contributed by atoms with Crippen molar-refractivity contribution in [2.24, 2.45) is 0 Å². The Kier molecular flexibility index (Phi) is 4.06. The topological polar surface area (TPSA) is 26.3 Å². The molecule has 0 unspecified atom stereocenters. The number of carbonyl (C=O) groups excluding carboxylic acids is 1. The quantitative estimate of drug-likeness (QED) is 0.704. The lowest BCUT2D eigenvalue weighted by molar-refractivity contribution is -0.137. The molecule has 6 heteroatoms. The van der Waals surface area contributed by atoms with Gasteiger partial charge < -0.3 is 4.74 Å². The van der Waals surface area contributed by atoms with Gasteiger partial charge in [-0.05, 0) is 54.8 Å². The first-order valence-corrected chi connectivity index (χ1v) is 7.43. The number of alkyl halides is 3. The van der Waals surface area contributed by atoms with Gasteiger partial charge in [-0.3, -0.25) is 4.79 Å². The highest BCUT2D eigenvalue weighted by Crippen LogP contribution is 2.37. The van der Waals surface area contributed by atoms with E-state index in [9.17, 15) is 18.0 Å². The molecule has 0 atom stereocenters. The second-order valence-corrected chi connectivity index (χ2v) is 5.75. The Hall–Kier alpha value is -2.01. The number of benzene rings is 2. The number of rotatable bonds is 2. The largest absolute Gasteiger partial charge is 0.456 e. The molecule has 1 aliphatic rings. The first kappa shape index (κ1) is 15.9. The third kappa shape index (κ3) is 3.34. The number of carbonyl (C=O) groups is 1. The smallest absolute Gasteiger partial charge is 0.416 e. The van der Waals surface area contributed by atoms with Crippen LogP contribution in [0.25, 0.3) is 0 Å². The molecule has 0 bridgehead atoms. The van der Waals surface area contributed by atoms with E-state index in [-0.39, 0.29) is 16.6 Å². The normalized spacial score (nSPS) is 14.5. The van der Waals surface area contributed by atoms with Gasteiger partial charge in [-0.25, -0.2) is 0 Å². The van der Waals surface area contributed by atoms with E-state index >= 15 is 0 Å². The predicted molar refractivity (Wildman–Crippen MR) is 80.2 cm³/mol. The Morgan fingerprint density at radius 1 is 1.04 bits per heavy atom. The number of aryl methyl sites for hydroxylation is 1. The van der Waals surface area contributed by atoms with Crippen LogP contribution in [0.15, 0.2) is 36.4 Å². The van der Waals surface area contributed by atoms with E-state index in [4.69, 9.17) is 16.3 Å². The van der Waals surface area contributed by atoms with E-state index in [0.29, 0.717) is 17.7 Å². The van der Waals surface area contributed by atoms with Crippen molar-refractivity contribution in [1.82, 2.24) is 0 Å². The molecule has 23 heavy (non-hydrogen) atoms. The molecule has 0 aromatic heterocycles. The van der Waals surface area contributed by atoms with Crippen LogP contribution in [0.1, 0.15) is 34.3 Å². The minimum Gasteiger partial charge on any atom is -0.456 e. The third-order valence-electron chi connectivity index (χ3n) is 3.71. The van der Waals surface area contributed by atoms with E-state index < -0.39 is 11.7 Å². The molecular formula is C17H12ClF3O2. The monoisotopic (exact) mass is 340 g/mol. The molecule has 120 valence electrons. The lowest BCUT2D eigenvalue weighted by Crippen LogP contribution is -2.10. The van der Waals surface area contributed by atoms with Crippen LogP contribution in [0.4, 0.5) is 13.2 Å². The van der Waals surface area contributed by atoms with Gasteiger partial charge in [0.2, 0.25) is 0 Å². The molecule has 2 aromatic carbocycles. The van der Waals surface area contributed by atoms with Crippen LogP contribution in [0.5, 0.6) is 11.5 Å². The summed E-state index contributed by atoms with van der Waals surface area (Å²) in [6.45, 7) is 0. The molecule has 0 amide bonds. The maximum atomic E-state index is 12.6. The van der Waals surface area contributed by atoms with E-state index in [1.54, 1.807) is 18.2 Å². The summed E-state index contributed by atoms with van der Waals surface area (Å²) in [5, 5.41) is -0.117. The van der Waals surface area contributed by atoms with Gasteiger partial charge in [-0.1, -0.05) is 11.6 Å². The van der Waals surface area contributed by atoms with Gasteiger partial charge in [0.15, 0.2) is 5.78 Å². The fourth-order valence-corrected chi connectivity index (χ4v) is 2.79. The lowest BCUT2D eigenvalue weighted by Gasteiger charge is -2.16. The van der Waals surface area contributed by atoms with Crippen molar-refractivity contribution in [3.63, 3.8) is 0 Å². The van der Waals surface area contributed by atoms with Crippen LogP contribution in [0.3, 0.4) is 0 Å². The minimum atomic E-state index is -4.45. The number of hydrogen-bond donors (Lipinski definition) is 0. The van der Waals surface area contributed by atoms with Crippen molar-refractivity contribution < 1.29 is 22.7 Å². The summed E-state index contributed by atoms with van der Waals surface area (Å²) in [6, 6.07) is 7.98. The summed E-state index contributed by atoms with van der Waals surface area (Å²) in [5.74, 6) is 0.687. The van der Waals surface area contributed by atoms with Crippen molar-refractivity contribution in [2.45, 2.75) is 25.4 Å². The summed E-state index contributed by atoms with van der Waals surface area (Å²) in [7, 11) is 0. The van der Waals surface area contributed by atoms with Gasteiger partial charge in [0, 0.05) is 12.0 Å². The fraction of sp³-hybridized carbons (Fsp3) is 0.235. The zero-order chi connectivity index (χ0) is 16.6. The van der Waals surface area contributed by atoms with E-state index in [2.05, 4.69) is 0 Å². The third-order valence-corrected chi connectivity index (χ3v) is 4.01. The maximum absolute atomic E-state index is 12.6. The molecule has 0 saturated carbocycles. The number of hydrogen-bond acceptors (Lipinski definition) is 2. The second-order valence-electron chi connectivity index (χ2n) is 5.34. The minimum absolute atomic E-state index is 0.102. The molecular weight excluding hydrogens is 329 g/mol. The van der Waals surface area contributed by atoms with Crippen molar-refractivity contribution in [3.05, 3.63) is 58.1 Å². The Morgan fingerprint density at radius 3 is 2.52 bits per heavy atom. The molecule has 0 aliphatic heterocycles. The summed E-state index contributed by atoms with van der Waals surface area (Å²) in [5.41, 5.74) is 0.745. The molecule has 0 radical (unpaired) electrons. The van der Waals surface area contributed by atoms with Gasteiger partial charge in [-0.2, -0.15) is 13.2 Å². The molecule has 0 saturated heterocycles. The first-order valence-electron chi connectivity index (χ1n) is 7.05. The predicted octanol–water partition coefficient (Wildman–Crippen LogP) is 5.67. The summed E-state index contributed by atoms with van der Waals surface area (Å²) in [6.07, 6.45) is -2.35. The van der Waals surface area contributed by atoms with E-state index in [0.717, 1.165) is 30.5 Å². The lowest BCUT2D eigenvalue weighted by atomic mass is 9.90. The van der Waals surface area contributed by atoms with Gasteiger partial charge >= 0.3 is 6.18 Å². The highest BCUT2D eigenvalue weighted by molar-refractivity contribution is 6.32. The average molecular weight is 341 g/mol. The summed E-state index contributed by atoms with van der Waals surface area (Å²) < 4.78 is 43.4. The highest BCUT2D eigenvalue weighted by Gasteiger charge is 2.31. The average Bonchev–Trinajstić information content (AvgIpc) is 2.48. The number of fused-ring (bicyclic) bond motifs is 1. The fourth-order valence-electron chi connectivity index (χ4n) is 2.57. The molecule has 1 aliphatic carbocycles. The number of Topliss-reactive ketones (excluding diaryl/α,β-unsaturated/α-hetero) is 1. The van der Waals surface area contributed by atoms with E-state index in [1.807, 2.05) is 0 Å². The molecule has 0 heterocycles. The molecule has 0 fully saturated rings. The van der Waals surface area contributed by atoms with Crippen molar-refractivity contribution in [2.75, 3.05) is 0 Å². The van der Waals surface area contributed by atoms with Gasteiger partial charge in [0.05, 0.1) is 10.6 Å².